The summed E-state index contributed by atoms with van der Waals surface area (Å²) >= 11 is 0. The number of carbonyl (C=O) groups excluding carboxylic acids is 3. The van der Waals surface area contributed by atoms with Crippen molar-refractivity contribution in [3.05, 3.63) is 84.7 Å². The molecular formula is C45H50N8O6. The van der Waals surface area contributed by atoms with E-state index in [1.165, 1.54) is 7.11 Å². The third-order valence-corrected chi connectivity index (χ3v) is 12.8. The Balaban J connectivity index is 0.883. The molecule has 59 heavy (non-hydrogen) atoms. The number of rotatable bonds is 11. The molecule has 0 bridgehead atoms. The number of aromatic nitrogens is 4. The van der Waals surface area contributed by atoms with Crippen LogP contribution in [-0.4, -0.2) is 90.1 Å². The van der Waals surface area contributed by atoms with Crippen molar-refractivity contribution in [2.75, 3.05) is 7.11 Å². The van der Waals surface area contributed by atoms with E-state index in [1.807, 2.05) is 49.9 Å². The van der Waals surface area contributed by atoms with Gasteiger partial charge in [0.15, 0.2) is 0 Å². The maximum atomic E-state index is 13.8. The maximum absolute atomic E-state index is 13.8. The zero-order valence-electron chi connectivity index (χ0n) is 33.8. The van der Waals surface area contributed by atoms with Gasteiger partial charge in [-0.05, 0) is 83.4 Å². The fourth-order valence-electron chi connectivity index (χ4n) is 9.43. The summed E-state index contributed by atoms with van der Waals surface area (Å²) in [6, 6.07) is 19.4. The Bertz CT molecular complexity index is 2440. The van der Waals surface area contributed by atoms with Gasteiger partial charge in [-0.25, -0.2) is 19.6 Å². The summed E-state index contributed by atoms with van der Waals surface area (Å²) in [6.07, 6.45) is 5.54. The molecule has 2 aromatic heterocycles. The zero-order chi connectivity index (χ0) is 41.3. The molecule has 0 unspecified atom stereocenters. The molecule has 306 valence electrons. The summed E-state index contributed by atoms with van der Waals surface area (Å²) in [5.74, 6) is 1.77. The van der Waals surface area contributed by atoms with Crippen molar-refractivity contribution < 1.29 is 29.0 Å². The van der Waals surface area contributed by atoms with Crippen molar-refractivity contribution >= 4 is 34.8 Å². The zero-order valence-corrected chi connectivity index (χ0v) is 33.8. The normalized spacial score (nSPS) is 23.8. The SMILES string of the molecule is COC(=O)N[C@H](C(=O)N1[C@H](c2nc(-c3ccc4cc(-c5ccc(-c6c[nH]c([C@@H]7C[C@@H]8C[C@@H]8N7C(=O)[C@@H](NC(=O)O)C(C)C)n6)cc5)ccc4c3)c[nH]2)C[C@@H]2C[C@@H]21)C(C)C. The average molecular weight is 799 g/mol. The summed E-state index contributed by atoms with van der Waals surface area (Å²) in [4.78, 5) is 71.4. The smallest absolute Gasteiger partial charge is 0.407 e. The molecule has 9 rings (SSSR count). The minimum absolute atomic E-state index is 0.101. The first-order valence-electron chi connectivity index (χ1n) is 20.6. The first-order valence-corrected chi connectivity index (χ1v) is 20.6. The van der Waals surface area contributed by atoms with Crippen LogP contribution in [0.25, 0.3) is 44.4 Å². The standard InChI is InChI=1S/C45H50N8O6/c1-22(2)38(50-44(56)57)42(54)52-34-16-30(34)18-36(52)40-46-20-32(48-40)25-8-6-24(7-9-25)26-10-11-28-15-29(13-12-27(28)14-26)33-21-47-41(49-33)37-19-31-17-35(31)53(37)43(55)39(23(3)4)51-45(58)59-5/h6-15,20-23,30-31,34-39,50H,16-19H2,1-5H3,(H,46,48)(H,47,49)(H,51,58)(H,56,57)/t30-,31-,34-,35-,36-,37-,38-,39-/m0/s1. The van der Waals surface area contributed by atoms with Crippen LogP contribution in [-0.2, 0) is 14.3 Å². The number of alkyl carbamates (subject to hydrolysis) is 1. The number of hydrogen-bond donors (Lipinski definition) is 5. The van der Waals surface area contributed by atoms with Crippen molar-refractivity contribution in [1.82, 2.24) is 40.4 Å². The predicted octanol–water partition coefficient (Wildman–Crippen LogP) is 7.28. The second-order valence-corrected chi connectivity index (χ2v) is 17.3. The summed E-state index contributed by atoms with van der Waals surface area (Å²) < 4.78 is 4.80. The van der Waals surface area contributed by atoms with Crippen LogP contribution in [0.15, 0.2) is 73.1 Å². The number of fused-ring (bicyclic) bond motifs is 3. The molecule has 14 nitrogen and oxygen atoms in total. The van der Waals surface area contributed by atoms with Crippen LogP contribution in [0.5, 0.6) is 0 Å². The van der Waals surface area contributed by atoms with Crippen LogP contribution < -0.4 is 10.6 Å². The number of amides is 4. The Hall–Kier alpha value is -6.18. The van der Waals surface area contributed by atoms with Gasteiger partial charge < -0.3 is 40.2 Å². The van der Waals surface area contributed by atoms with E-state index in [4.69, 9.17) is 14.7 Å². The Morgan fingerprint density at radius 3 is 1.63 bits per heavy atom. The molecule has 4 amide bonds. The largest absolute Gasteiger partial charge is 0.465 e. The van der Waals surface area contributed by atoms with E-state index >= 15 is 0 Å². The number of H-pyrrole nitrogens is 2. The highest BCUT2D eigenvalue weighted by Crippen LogP contribution is 2.54. The Morgan fingerprint density at radius 2 is 1.12 bits per heavy atom. The van der Waals surface area contributed by atoms with E-state index in [0.717, 1.165) is 81.7 Å². The summed E-state index contributed by atoms with van der Waals surface area (Å²) in [6.45, 7) is 7.55. The number of hydrogen-bond acceptors (Lipinski definition) is 7. The number of aromatic amines is 2. The van der Waals surface area contributed by atoms with Gasteiger partial charge in [0.1, 0.15) is 23.7 Å². The molecule has 8 atom stereocenters. The number of piperidine rings is 2. The highest BCUT2D eigenvalue weighted by molar-refractivity contribution is 5.91. The molecule has 4 heterocycles. The summed E-state index contributed by atoms with van der Waals surface area (Å²) in [5, 5.41) is 16.7. The molecule has 2 aliphatic heterocycles. The van der Waals surface area contributed by atoms with Gasteiger partial charge >= 0.3 is 12.2 Å². The molecular weight excluding hydrogens is 749 g/mol. The molecule has 4 aliphatic rings. The lowest BCUT2D eigenvalue weighted by atomic mass is 9.98. The molecule has 0 radical (unpaired) electrons. The number of carbonyl (C=O) groups is 4. The number of methoxy groups -OCH3 is 1. The lowest BCUT2D eigenvalue weighted by Crippen LogP contribution is -2.52. The molecule has 5 N–H and O–H groups in total. The predicted molar refractivity (Wildman–Crippen MR) is 221 cm³/mol. The Labute approximate surface area is 342 Å². The van der Waals surface area contributed by atoms with Gasteiger partial charge in [-0.3, -0.25) is 9.59 Å². The third-order valence-electron chi connectivity index (χ3n) is 12.8. The highest BCUT2D eigenvalue weighted by Gasteiger charge is 2.57. The van der Waals surface area contributed by atoms with Gasteiger partial charge in [0.2, 0.25) is 11.8 Å². The van der Waals surface area contributed by atoms with Crippen molar-refractivity contribution in [1.29, 1.82) is 0 Å². The second-order valence-electron chi connectivity index (χ2n) is 17.3. The van der Waals surface area contributed by atoms with Crippen molar-refractivity contribution in [3.8, 4) is 33.6 Å². The van der Waals surface area contributed by atoms with Crippen molar-refractivity contribution in [2.45, 2.75) is 89.6 Å². The molecule has 14 heteroatoms. The molecule has 2 aliphatic carbocycles. The molecule has 4 fully saturated rings. The number of imidazole rings is 2. The first-order chi connectivity index (χ1) is 28.4. The Morgan fingerprint density at radius 1 is 0.661 bits per heavy atom. The number of benzene rings is 3. The van der Waals surface area contributed by atoms with Gasteiger partial charge in [-0.2, -0.15) is 0 Å². The third kappa shape index (κ3) is 7.18. The van der Waals surface area contributed by atoms with E-state index in [-0.39, 0.29) is 47.8 Å². The average Bonchev–Trinajstić information content (AvgIpc) is 3.81. The Kier molecular flexibility index (Phi) is 9.67. The minimum atomic E-state index is -1.20. The fourth-order valence-corrected chi connectivity index (χ4v) is 9.43. The number of nitrogens with one attached hydrogen (secondary N) is 4. The van der Waals surface area contributed by atoms with Crippen molar-refractivity contribution in [2.24, 2.45) is 23.7 Å². The van der Waals surface area contributed by atoms with Gasteiger partial charge in [-0.15, -0.1) is 0 Å². The molecule has 5 aromatic rings. The van der Waals surface area contributed by atoms with Crippen LogP contribution in [0.4, 0.5) is 9.59 Å². The van der Waals surface area contributed by atoms with Crippen LogP contribution in [0.2, 0.25) is 0 Å². The molecule has 2 saturated heterocycles. The highest BCUT2D eigenvalue weighted by atomic mass is 16.5. The maximum Gasteiger partial charge on any atom is 0.407 e. The first kappa shape index (κ1) is 38.3. The lowest BCUT2D eigenvalue weighted by molar-refractivity contribution is -0.137. The van der Waals surface area contributed by atoms with Crippen molar-refractivity contribution in [3.63, 3.8) is 0 Å². The van der Waals surface area contributed by atoms with E-state index in [1.54, 1.807) is 0 Å². The number of nitrogens with zero attached hydrogens (tertiary/aromatic N) is 4. The van der Waals surface area contributed by atoms with Gasteiger partial charge in [0.05, 0.1) is 30.6 Å². The summed E-state index contributed by atoms with van der Waals surface area (Å²) in [5.41, 5.74) is 5.68. The second kappa shape index (κ2) is 14.9. The fraction of sp³-hybridized carbons (Fsp3) is 0.422. The van der Waals surface area contributed by atoms with Gasteiger partial charge in [-0.1, -0.05) is 76.2 Å². The van der Waals surface area contributed by atoms with Gasteiger partial charge in [0, 0.05) is 35.6 Å². The summed E-state index contributed by atoms with van der Waals surface area (Å²) in [7, 11) is 1.30. The quantitative estimate of drug-likeness (QED) is 0.0923. The van der Waals surface area contributed by atoms with E-state index in [2.05, 4.69) is 81.3 Å². The minimum Gasteiger partial charge on any atom is -0.465 e. The number of carboxylic acid groups (broad SMARTS) is 1. The van der Waals surface area contributed by atoms with Gasteiger partial charge in [0.25, 0.3) is 0 Å². The topological polar surface area (TPSA) is 186 Å². The van der Waals surface area contributed by atoms with Crippen LogP contribution in [0.3, 0.4) is 0 Å². The van der Waals surface area contributed by atoms with E-state index in [9.17, 15) is 24.3 Å². The molecule has 2 saturated carbocycles. The lowest BCUT2D eigenvalue weighted by Gasteiger charge is -2.31. The monoisotopic (exact) mass is 798 g/mol. The van der Waals surface area contributed by atoms with Crippen LogP contribution in [0, 0.1) is 23.7 Å². The van der Waals surface area contributed by atoms with Crippen LogP contribution in [0.1, 0.15) is 77.1 Å². The van der Waals surface area contributed by atoms with E-state index < -0.39 is 24.3 Å². The van der Waals surface area contributed by atoms with Crippen LogP contribution >= 0.6 is 0 Å². The number of likely N-dealkylation sites (tertiary alicyclic amines) is 2. The molecule has 0 spiro atoms. The molecule has 3 aromatic carbocycles. The number of ether oxygens (including phenoxy) is 1. The van der Waals surface area contributed by atoms with E-state index in [0.29, 0.717) is 11.8 Å².